The molecule has 3 aromatic heterocycles. The topological polar surface area (TPSA) is 104 Å². The van der Waals surface area contributed by atoms with Gasteiger partial charge in [0.15, 0.2) is 0 Å². The average Bonchev–Trinajstić information content (AvgIpc) is 3.72. The van der Waals surface area contributed by atoms with Gasteiger partial charge in [-0.15, -0.1) is 5.10 Å². The number of nitrogens with zero attached hydrogens (tertiary/aromatic N) is 6. The number of pyridine rings is 2. The van der Waals surface area contributed by atoms with Gasteiger partial charge in [-0.1, -0.05) is 60.1 Å². The first kappa shape index (κ1) is 24.5. The Labute approximate surface area is 237 Å². The van der Waals surface area contributed by atoms with Crippen molar-refractivity contribution in [1.29, 1.82) is 5.26 Å². The highest BCUT2D eigenvalue weighted by molar-refractivity contribution is 6.35. The van der Waals surface area contributed by atoms with E-state index in [2.05, 4.69) is 43.9 Å². The molecule has 0 aliphatic heterocycles. The summed E-state index contributed by atoms with van der Waals surface area (Å²) in [5.41, 5.74) is 3.74. The number of nitriles is 1. The van der Waals surface area contributed by atoms with Gasteiger partial charge in [-0.05, 0) is 48.6 Å². The molecule has 1 saturated carbocycles. The summed E-state index contributed by atoms with van der Waals surface area (Å²) in [5.74, 6) is -0.652. The Morgan fingerprint density at radius 1 is 1.12 bits per heavy atom. The van der Waals surface area contributed by atoms with Crippen LogP contribution in [0.1, 0.15) is 68.0 Å². The van der Waals surface area contributed by atoms with Crippen molar-refractivity contribution in [3.63, 3.8) is 0 Å². The molecule has 2 N–H and O–H groups in total. The molecule has 3 heterocycles. The molecule has 1 unspecified atom stereocenters. The molecule has 1 fully saturated rings. The summed E-state index contributed by atoms with van der Waals surface area (Å²) >= 11 is 6.74. The molecule has 1 aliphatic carbocycles. The second-order valence-corrected chi connectivity index (χ2v) is 10.1. The zero-order valence-corrected chi connectivity index (χ0v) is 22.4. The van der Waals surface area contributed by atoms with Crippen LogP contribution >= 0.6 is 11.6 Å². The van der Waals surface area contributed by atoms with Crippen molar-refractivity contribution in [2.24, 2.45) is 0 Å². The molecule has 0 radical (unpaired) electrons. The van der Waals surface area contributed by atoms with Crippen LogP contribution in [0.2, 0.25) is 5.02 Å². The lowest BCUT2D eigenvalue weighted by molar-refractivity contribution is 0.581. The number of aromatic nitrogens is 5. The van der Waals surface area contributed by atoms with Crippen molar-refractivity contribution in [3.8, 4) is 6.07 Å². The molecule has 6 rings (SSSR count). The Bertz CT molecular complexity index is 1750. The predicted molar refractivity (Wildman–Crippen MR) is 153 cm³/mol. The van der Waals surface area contributed by atoms with Crippen molar-refractivity contribution in [1.82, 2.24) is 25.0 Å². The third-order valence-corrected chi connectivity index (χ3v) is 7.23. The lowest BCUT2D eigenvalue weighted by Crippen LogP contribution is -2.14. The molecule has 200 valence electrons. The fraction of sp³-hybridized carbons (Fsp3) is 0.233. The number of fused-ring (bicyclic) bond motifs is 1. The summed E-state index contributed by atoms with van der Waals surface area (Å²) in [6, 6.07) is 16.9. The van der Waals surface area contributed by atoms with Gasteiger partial charge in [0.2, 0.25) is 5.95 Å². The van der Waals surface area contributed by atoms with E-state index < -0.39 is 12.0 Å². The van der Waals surface area contributed by atoms with Gasteiger partial charge in [0.25, 0.3) is 0 Å². The summed E-state index contributed by atoms with van der Waals surface area (Å²) in [6.45, 7) is 2.07. The average molecular weight is 554 g/mol. The molecular formula is C30H26ClFN8. The fourth-order valence-corrected chi connectivity index (χ4v) is 4.98. The zero-order valence-electron chi connectivity index (χ0n) is 22.6. The molecule has 8 nitrogen and oxygen atoms in total. The summed E-state index contributed by atoms with van der Waals surface area (Å²) < 4.78 is 25.0. The van der Waals surface area contributed by atoms with Gasteiger partial charge in [0.05, 0.1) is 47.5 Å². The second-order valence-electron chi connectivity index (χ2n) is 9.71. The Morgan fingerprint density at radius 2 is 1.95 bits per heavy atom. The molecule has 5 aromatic rings. The van der Waals surface area contributed by atoms with E-state index in [1.165, 1.54) is 24.5 Å². The maximum atomic E-state index is 13.7. The zero-order chi connectivity index (χ0) is 28.6. The van der Waals surface area contributed by atoms with E-state index in [4.69, 9.17) is 11.6 Å². The normalized spacial score (nSPS) is 15.6. The predicted octanol–water partition coefficient (Wildman–Crippen LogP) is 6.99. The first-order valence-corrected chi connectivity index (χ1v) is 13.4. The maximum absolute atomic E-state index is 13.7. The van der Waals surface area contributed by atoms with Gasteiger partial charge in [0, 0.05) is 23.5 Å². The summed E-state index contributed by atoms with van der Waals surface area (Å²) in [6.07, 6.45) is 7.33. The largest absolute Gasteiger partial charge is 0.377 e. The van der Waals surface area contributed by atoms with E-state index in [1.807, 2.05) is 30.3 Å². The van der Waals surface area contributed by atoms with Crippen LogP contribution in [-0.4, -0.2) is 25.0 Å². The van der Waals surface area contributed by atoms with Crippen LogP contribution in [0.15, 0.2) is 73.2 Å². The lowest BCUT2D eigenvalue weighted by Gasteiger charge is -2.22. The summed E-state index contributed by atoms with van der Waals surface area (Å²) in [7, 11) is 0. The minimum absolute atomic E-state index is 0.0673. The SMILES string of the molecule is [2H]C(Nc1cc(Cl)c2ncc(C#N)c(N[C@H](CC)c3ccccc3)c2c1)(c1ccc(F)nc1)c1cn(C2CC2)nn1. The molecular weight excluding hydrogens is 527 g/mol. The Morgan fingerprint density at radius 3 is 2.65 bits per heavy atom. The van der Waals surface area contributed by atoms with E-state index in [0.29, 0.717) is 44.1 Å². The number of hydrogen-bond acceptors (Lipinski definition) is 7. The molecule has 0 spiro atoms. The van der Waals surface area contributed by atoms with E-state index in [9.17, 15) is 11.0 Å². The first-order valence-electron chi connectivity index (χ1n) is 13.6. The number of halogens is 2. The number of hydrogen-bond donors (Lipinski definition) is 2. The van der Waals surface area contributed by atoms with Crippen molar-refractivity contribution < 1.29 is 5.76 Å². The Balaban J connectivity index is 1.46. The Kier molecular flexibility index (Phi) is 6.68. The van der Waals surface area contributed by atoms with Crippen LogP contribution in [0.4, 0.5) is 15.8 Å². The molecule has 0 bridgehead atoms. The number of nitrogens with one attached hydrogen (secondary N) is 2. The van der Waals surface area contributed by atoms with Gasteiger partial charge in [0.1, 0.15) is 11.8 Å². The summed E-state index contributed by atoms with van der Waals surface area (Å²) in [5, 5.41) is 26.2. The van der Waals surface area contributed by atoms with Crippen molar-refractivity contribution in [2.75, 3.05) is 10.6 Å². The van der Waals surface area contributed by atoms with E-state index in [0.717, 1.165) is 24.8 Å². The van der Waals surface area contributed by atoms with Crippen molar-refractivity contribution in [3.05, 3.63) is 107 Å². The first-order chi connectivity index (χ1) is 19.9. The van der Waals surface area contributed by atoms with Gasteiger partial charge in [-0.25, -0.2) is 9.67 Å². The highest BCUT2D eigenvalue weighted by Crippen LogP contribution is 2.38. The smallest absolute Gasteiger partial charge is 0.212 e. The molecule has 40 heavy (non-hydrogen) atoms. The van der Waals surface area contributed by atoms with Crippen LogP contribution in [0, 0.1) is 17.3 Å². The molecule has 0 amide bonds. The standard InChI is InChI=1S/C30H26ClFN8/c1-2-25(18-6-4-3-5-7-18)37-28-20(14-33)16-35-30-23(28)12-21(13-24(30)31)36-29(19-8-11-27(32)34-15-19)26-17-40(39-38-26)22-9-10-22/h3-8,11-13,15-17,22,25,29,36H,2,9-10H2,1H3,(H,35,37)/t25-,29?/m1/s1/i29D. The third-order valence-electron chi connectivity index (χ3n) is 6.95. The minimum atomic E-state index is -1.67. The lowest BCUT2D eigenvalue weighted by atomic mass is 10.0. The quantitative estimate of drug-likeness (QED) is 0.190. The number of anilines is 2. The minimum Gasteiger partial charge on any atom is -0.377 e. The van der Waals surface area contributed by atoms with Crippen LogP contribution in [-0.2, 0) is 0 Å². The van der Waals surface area contributed by atoms with Gasteiger partial charge >= 0.3 is 0 Å². The molecule has 2 aromatic carbocycles. The third kappa shape index (κ3) is 5.18. The van der Waals surface area contributed by atoms with Crippen LogP contribution in [0.3, 0.4) is 0 Å². The highest BCUT2D eigenvalue weighted by Gasteiger charge is 2.27. The fourth-order valence-electron chi connectivity index (χ4n) is 4.71. The van der Waals surface area contributed by atoms with Crippen LogP contribution in [0.25, 0.3) is 10.9 Å². The van der Waals surface area contributed by atoms with E-state index in [1.54, 1.807) is 23.0 Å². The molecule has 10 heteroatoms. The van der Waals surface area contributed by atoms with Gasteiger partial charge in [-0.3, -0.25) is 4.98 Å². The van der Waals surface area contributed by atoms with Crippen LogP contribution in [0.5, 0.6) is 0 Å². The summed E-state index contributed by atoms with van der Waals surface area (Å²) in [4.78, 5) is 8.24. The Hall–Kier alpha value is -4.55. The number of benzene rings is 2. The number of rotatable bonds is 9. The van der Waals surface area contributed by atoms with Gasteiger partial charge < -0.3 is 10.6 Å². The molecule has 0 saturated heterocycles. The van der Waals surface area contributed by atoms with E-state index in [-0.39, 0.29) is 12.1 Å². The molecule has 2 atom stereocenters. The van der Waals surface area contributed by atoms with E-state index >= 15 is 0 Å². The second kappa shape index (κ2) is 10.9. The van der Waals surface area contributed by atoms with Crippen molar-refractivity contribution >= 4 is 33.9 Å². The van der Waals surface area contributed by atoms with Gasteiger partial charge in [-0.2, -0.15) is 9.65 Å². The monoisotopic (exact) mass is 553 g/mol. The van der Waals surface area contributed by atoms with Crippen molar-refractivity contribution in [2.45, 2.75) is 44.3 Å². The van der Waals surface area contributed by atoms with Crippen LogP contribution < -0.4 is 10.6 Å². The molecule has 1 aliphatic rings. The highest BCUT2D eigenvalue weighted by atomic mass is 35.5. The maximum Gasteiger partial charge on any atom is 0.212 e.